The van der Waals surface area contributed by atoms with Gasteiger partial charge in [-0.1, -0.05) is 18.6 Å². The molecule has 2 saturated heterocycles. The minimum atomic E-state index is 0.674. The fourth-order valence-electron chi connectivity index (χ4n) is 4.94. The Morgan fingerprint density at radius 2 is 1.84 bits per heavy atom. The van der Waals surface area contributed by atoms with Crippen molar-refractivity contribution >= 4 is 28.4 Å². The number of ether oxygens (including phenoxy) is 2. The van der Waals surface area contributed by atoms with E-state index >= 15 is 0 Å². The van der Waals surface area contributed by atoms with Gasteiger partial charge in [0.2, 0.25) is 5.95 Å². The molecule has 9 nitrogen and oxygen atoms in total. The van der Waals surface area contributed by atoms with Crippen molar-refractivity contribution in [1.29, 1.82) is 0 Å². The number of piperidine rings is 1. The van der Waals surface area contributed by atoms with Crippen LogP contribution in [-0.2, 0) is 4.74 Å². The van der Waals surface area contributed by atoms with Crippen molar-refractivity contribution in [3.05, 3.63) is 54.7 Å². The number of H-pyrrole nitrogens is 1. The predicted molar refractivity (Wildman–Crippen MR) is 146 cm³/mol. The monoisotopic (exact) mass is 499 g/mol. The van der Waals surface area contributed by atoms with Crippen LogP contribution in [0.1, 0.15) is 19.3 Å². The molecule has 2 aliphatic heterocycles. The third-order valence-electron chi connectivity index (χ3n) is 6.98. The van der Waals surface area contributed by atoms with Crippen molar-refractivity contribution in [3.8, 4) is 17.0 Å². The van der Waals surface area contributed by atoms with Crippen LogP contribution in [0.3, 0.4) is 0 Å². The summed E-state index contributed by atoms with van der Waals surface area (Å²) in [7, 11) is 0. The average Bonchev–Trinajstić information content (AvgIpc) is 3.42. The summed E-state index contributed by atoms with van der Waals surface area (Å²) in [6, 6.07) is 16.3. The van der Waals surface area contributed by atoms with Crippen LogP contribution in [0.25, 0.3) is 22.2 Å². The predicted octanol–water partition coefficient (Wildman–Crippen LogP) is 4.46. The van der Waals surface area contributed by atoms with Crippen LogP contribution in [0, 0.1) is 0 Å². The molecule has 0 atom stereocenters. The lowest BCUT2D eigenvalue weighted by molar-refractivity contribution is 0.122. The summed E-state index contributed by atoms with van der Waals surface area (Å²) in [5, 5.41) is 11.6. The average molecular weight is 500 g/mol. The first-order chi connectivity index (χ1) is 18.3. The number of rotatable bonds is 8. The van der Waals surface area contributed by atoms with Crippen molar-refractivity contribution in [2.24, 2.45) is 0 Å². The lowest BCUT2D eigenvalue weighted by atomic mass is 10.1. The second-order valence-electron chi connectivity index (χ2n) is 9.61. The third kappa shape index (κ3) is 5.84. The van der Waals surface area contributed by atoms with Gasteiger partial charge in [0.05, 0.1) is 30.6 Å². The molecule has 37 heavy (non-hydrogen) atoms. The number of aromatic nitrogens is 4. The molecule has 0 bridgehead atoms. The van der Waals surface area contributed by atoms with Crippen molar-refractivity contribution in [2.45, 2.75) is 19.3 Å². The summed E-state index contributed by atoms with van der Waals surface area (Å²) in [5.41, 5.74) is 3.80. The number of fused-ring (bicyclic) bond motifs is 1. The van der Waals surface area contributed by atoms with Crippen molar-refractivity contribution in [2.75, 3.05) is 62.8 Å². The number of likely N-dealkylation sites (tertiary alicyclic amines) is 1. The summed E-state index contributed by atoms with van der Waals surface area (Å²) in [6.07, 6.45) is 5.75. The number of benzene rings is 2. The molecule has 2 aromatic carbocycles. The Balaban J connectivity index is 1.24. The van der Waals surface area contributed by atoms with Gasteiger partial charge in [-0.25, -0.2) is 4.98 Å². The molecule has 192 valence electrons. The van der Waals surface area contributed by atoms with Crippen LogP contribution in [0.15, 0.2) is 54.7 Å². The van der Waals surface area contributed by atoms with Gasteiger partial charge in [-0.15, -0.1) is 0 Å². The number of hydrogen-bond donors (Lipinski definition) is 2. The van der Waals surface area contributed by atoms with E-state index in [2.05, 4.69) is 43.5 Å². The molecule has 2 N–H and O–H groups in total. The van der Waals surface area contributed by atoms with Crippen LogP contribution in [0.4, 0.5) is 17.5 Å². The molecule has 4 aromatic rings. The molecule has 0 unspecified atom stereocenters. The van der Waals surface area contributed by atoms with Gasteiger partial charge < -0.3 is 19.7 Å². The molecule has 2 fully saturated rings. The maximum atomic E-state index is 6.14. The van der Waals surface area contributed by atoms with E-state index in [1.54, 1.807) is 0 Å². The first-order valence-electron chi connectivity index (χ1n) is 13.2. The molecule has 0 saturated carbocycles. The number of morpholine rings is 1. The van der Waals surface area contributed by atoms with E-state index in [0.29, 0.717) is 25.8 Å². The molecular formula is C28H33N7O2. The van der Waals surface area contributed by atoms with E-state index in [1.165, 1.54) is 32.4 Å². The highest BCUT2D eigenvalue weighted by molar-refractivity contribution is 5.83. The van der Waals surface area contributed by atoms with E-state index in [1.807, 2.05) is 36.5 Å². The summed E-state index contributed by atoms with van der Waals surface area (Å²) >= 11 is 0. The van der Waals surface area contributed by atoms with Gasteiger partial charge in [0.1, 0.15) is 18.2 Å². The fraction of sp³-hybridized carbons (Fsp3) is 0.393. The summed E-state index contributed by atoms with van der Waals surface area (Å²) < 4.78 is 11.7. The Bertz CT molecular complexity index is 1330. The Morgan fingerprint density at radius 3 is 2.73 bits per heavy atom. The second kappa shape index (κ2) is 11.1. The van der Waals surface area contributed by atoms with E-state index in [0.717, 1.165) is 59.0 Å². The zero-order chi connectivity index (χ0) is 24.9. The molecule has 2 aromatic heterocycles. The Kier molecular flexibility index (Phi) is 7.14. The van der Waals surface area contributed by atoms with Crippen molar-refractivity contribution in [1.82, 2.24) is 25.1 Å². The van der Waals surface area contributed by atoms with Crippen molar-refractivity contribution in [3.63, 3.8) is 0 Å². The number of nitrogens with one attached hydrogen (secondary N) is 2. The molecule has 6 rings (SSSR count). The highest BCUT2D eigenvalue weighted by atomic mass is 16.5. The Morgan fingerprint density at radius 1 is 0.946 bits per heavy atom. The largest absolute Gasteiger partial charge is 0.492 e. The topological polar surface area (TPSA) is 91.4 Å². The standard InChI is InChI=1S/C28H33N7O2/c1-2-9-34(10-3-1)11-16-37-24-6-4-5-21(18-24)26-19-27(32-28(31-26)35-12-14-36-15-13-35)30-23-7-8-25-22(17-23)20-29-33-25/h4-8,17-20H,1-3,9-16H2,(H,29,33)(H,30,31,32). The minimum absolute atomic E-state index is 0.674. The zero-order valence-corrected chi connectivity index (χ0v) is 21.0. The van der Waals surface area contributed by atoms with Crippen LogP contribution in [-0.4, -0.2) is 77.6 Å². The van der Waals surface area contributed by atoms with E-state index in [-0.39, 0.29) is 0 Å². The molecule has 0 aliphatic carbocycles. The lowest BCUT2D eigenvalue weighted by Crippen LogP contribution is -2.37. The molecule has 0 amide bonds. The van der Waals surface area contributed by atoms with Gasteiger partial charge in [-0.05, 0) is 56.3 Å². The van der Waals surface area contributed by atoms with Crippen LogP contribution >= 0.6 is 0 Å². The highest BCUT2D eigenvalue weighted by Gasteiger charge is 2.17. The molecule has 0 spiro atoms. The quantitative estimate of drug-likeness (QED) is 0.367. The van der Waals surface area contributed by atoms with E-state index < -0.39 is 0 Å². The minimum Gasteiger partial charge on any atom is -0.492 e. The maximum absolute atomic E-state index is 6.14. The van der Waals surface area contributed by atoms with Gasteiger partial charge in [-0.2, -0.15) is 10.1 Å². The second-order valence-corrected chi connectivity index (χ2v) is 9.61. The van der Waals surface area contributed by atoms with Crippen LogP contribution < -0.4 is 15.0 Å². The Labute approximate surface area is 216 Å². The van der Waals surface area contributed by atoms with E-state index in [9.17, 15) is 0 Å². The highest BCUT2D eigenvalue weighted by Crippen LogP contribution is 2.28. The zero-order valence-electron chi connectivity index (χ0n) is 21.0. The molecule has 9 heteroatoms. The molecule has 0 radical (unpaired) electrons. The normalized spacial score (nSPS) is 16.7. The third-order valence-corrected chi connectivity index (χ3v) is 6.98. The smallest absolute Gasteiger partial charge is 0.228 e. The molecule has 2 aliphatic rings. The first-order valence-corrected chi connectivity index (χ1v) is 13.2. The van der Waals surface area contributed by atoms with Crippen LogP contribution in [0.2, 0.25) is 0 Å². The van der Waals surface area contributed by atoms with Crippen molar-refractivity contribution < 1.29 is 9.47 Å². The summed E-state index contributed by atoms with van der Waals surface area (Å²) in [5.74, 6) is 2.30. The number of nitrogens with zero attached hydrogens (tertiary/aromatic N) is 5. The number of hydrogen-bond acceptors (Lipinski definition) is 8. The van der Waals surface area contributed by atoms with Crippen LogP contribution in [0.5, 0.6) is 5.75 Å². The first kappa shape index (κ1) is 23.7. The SMILES string of the molecule is c1cc(OCCN2CCCCC2)cc(-c2cc(Nc3ccc4[nH]ncc4c3)nc(N3CCOCC3)n2)c1. The van der Waals surface area contributed by atoms with Gasteiger partial charge in [-0.3, -0.25) is 10.00 Å². The Hall–Kier alpha value is -3.69. The lowest BCUT2D eigenvalue weighted by Gasteiger charge is -2.27. The number of anilines is 3. The summed E-state index contributed by atoms with van der Waals surface area (Å²) in [6.45, 7) is 6.90. The number of aromatic amines is 1. The van der Waals surface area contributed by atoms with Gasteiger partial charge in [0.15, 0.2) is 0 Å². The van der Waals surface area contributed by atoms with Gasteiger partial charge >= 0.3 is 0 Å². The van der Waals surface area contributed by atoms with E-state index in [4.69, 9.17) is 19.4 Å². The molecule has 4 heterocycles. The summed E-state index contributed by atoms with van der Waals surface area (Å²) in [4.78, 5) is 14.5. The molecular weight excluding hydrogens is 466 g/mol. The maximum Gasteiger partial charge on any atom is 0.228 e. The van der Waals surface area contributed by atoms with Gasteiger partial charge in [0, 0.05) is 42.3 Å². The van der Waals surface area contributed by atoms with Gasteiger partial charge in [0.25, 0.3) is 0 Å². The fourth-order valence-corrected chi connectivity index (χ4v) is 4.94.